The molecule has 9 heteroatoms. The second kappa shape index (κ2) is 6.46. The molecule has 1 aliphatic rings. The second-order valence-corrected chi connectivity index (χ2v) is 4.36. The Hall–Kier alpha value is -2.26. The highest BCUT2D eigenvalue weighted by Crippen LogP contribution is 2.28. The van der Waals surface area contributed by atoms with Crippen LogP contribution in [0.1, 0.15) is 10.4 Å². The topological polar surface area (TPSA) is 111 Å². The van der Waals surface area contributed by atoms with E-state index in [2.05, 4.69) is 5.32 Å². The molecule has 2 rings (SSSR count). The molecule has 1 fully saturated rings. The zero-order valence-corrected chi connectivity index (χ0v) is 10.9. The molecule has 1 aromatic carbocycles. The number of halogens is 1. The lowest BCUT2D eigenvalue weighted by Crippen LogP contribution is -2.34. The van der Waals surface area contributed by atoms with Crippen LogP contribution in [0.4, 0.5) is 15.8 Å². The van der Waals surface area contributed by atoms with Gasteiger partial charge < -0.3 is 19.9 Å². The fraction of sp³-hybridized carbons (Fsp3) is 0.417. The minimum atomic E-state index is -1.56. The largest absolute Gasteiger partial charge is 0.478 e. The number of anilines is 1. The smallest absolute Gasteiger partial charge is 0.338 e. The van der Waals surface area contributed by atoms with Crippen molar-refractivity contribution in [3.05, 3.63) is 33.6 Å². The zero-order chi connectivity index (χ0) is 15.4. The van der Waals surface area contributed by atoms with Crippen molar-refractivity contribution in [2.24, 2.45) is 0 Å². The zero-order valence-electron chi connectivity index (χ0n) is 10.9. The fourth-order valence-electron chi connectivity index (χ4n) is 1.90. The second-order valence-electron chi connectivity index (χ2n) is 4.36. The van der Waals surface area contributed by atoms with Crippen LogP contribution in [-0.2, 0) is 9.47 Å². The highest BCUT2D eigenvalue weighted by atomic mass is 19.1. The average molecular weight is 300 g/mol. The van der Waals surface area contributed by atoms with Gasteiger partial charge in [-0.15, -0.1) is 0 Å². The summed E-state index contributed by atoms with van der Waals surface area (Å²) in [5, 5.41) is 22.4. The first-order valence-electron chi connectivity index (χ1n) is 6.13. The van der Waals surface area contributed by atoms with E-state index in [1.54, 1.807) is 0 Å². The van der Waals surface area contributed by atoms with Crippen LogP contribution >= 0.6 is 0 Å². The van der Waals surface area contributed by atoms with Gasteiger partial charge in [0.15, 0.2) is 0 Å². The predicted octanol–water partition coefficient (Wildman–Crippen LogP) is 1.26. The van der Waals surface area contributed by atoms with E-state index in [0.29, 0.717) is 25.9 Å². The molecule has 8 nitrogen and oxygen atoms in total. The lowest BCUT2D eigenvalue weighted by Gasteiger charge is -2.23. The molecule has 114 valence electrons. The Morgan fingerprint density at radius 3 is 2.86 bits per heavy atom. The number of ether oxygens (including phenoxy) is 2. The van der Waals surface area contributed by atoms with Crippen LogP contribution < -0.4 is 5.32 Å². The van der Waals surface area contributed by atoms with E-state index in [4.69, 9.17) is 14.6 Å². The molecule has 0 radical (unpaired) electrons. The third kappa shape index (κ3) is 3.64. The SMILES string of the molecule is O=C(O)c1cc([N+](=O)[O-])c(NCC2COCCO2)cc1F. The van der Waals surface area contributed by atoms with Crippen molar-refractivity contribution in [1.82, 2.24) is 0 Å². The van der Waals surface area contributed by atoms with Crippen LogP contribution in [0, 0.1) is 15.9 Å². The average Bonchev–Trinajstić information content (AvgIpc) is 2.45. The lowest BCUT2D eigenvalue weighted by atomic mass is 10.1. The van der Waals surface area contributed by atoms with Crippen molar-refractivity contribution in [2.45, 2.75) is 6.10 Å². The van der Waals surface area contributed by atoms with Gasteiger partial charge in [0.25, 0.3) is 5.69 Å². The summed E-state index contributed by atoms with van der Waals surface area (Å²) in [4.78, 5) is 21.0. The number of aromatic carboxylic acids is 1. The maximum atomic E-state index is 13.6. The number of nitro groups is 1. The molecule has 0 bridgehead atoms. The van der Waals surface area contributed by atoms with Gasteiger partial charge in [0.1, 0.15) is 17.1 Å². The molecule has 21 heavy (non-hydrogen) atoms. The number of benzene rings is 1. The van der Waals surface area contributed by atoms with Crippen LogP contribution in [0.3, 0.4) is 0 Å². The van der Waals surface area contributed by atoms with Crippen LogP contribution in [0.15, 0.2) is 12.1 Å². The Labute approximate surface area is 118 Å². The van der Waals surface area contributed by atoms with Gasteiger partial charge in [0.05, 0.1) is 30.8 Å². The van der Waals surface area contributed by atoms with Gasteiger partial charge in [-0.3, -0.25) is 10.1 Å². The molecule has 1 aromatic rings. The molecule has 1 unspecified atom stereocenters. The monoisotopic (exact) mass is 300 g/mol. The van der Waals surface area contributed by atoms with E-state index in [9.17, 15) is 19.3 Å². The van der Waals surface area contributed by atoms with Gasteiger partial charge in [-0.1, -0.05) is 0 Å². The molecule has 1 heterocycles. The standard InChI is InChI=1S/C12H13FN2O6/c13-9-4-10(14-5-7-6-20-1-2-21-7)11(15(18)19)3-8(9)12(16)17/h3-4,7,14H,1-2,5-6H2,(H,16,17). The van der Waals surface area contributed by atoms with Crippen molar-refractivity contribution in [1.29, 1.82) is 0 Å². The Morgan fingerprint density at radius 1 is 1.52 bits per heavy atom. The van der Waals surface area contributed by atoms with E-state index in [0.717, 1.165) is 6.07 Å². The number of hydrogen-bond donors (Lipinski definition) is 2. The van der Waals surface area contributed by atoms with Gasteiger partial charge in [0, 0.05) is 18.7 Å². The van der Waals surface area contributed by atoms with Gasteiger partial charge in [-0.25, -0.2) is 9.18 Å². The normalized spacial score (nSPS) is 18.2. The molecule has 0 aromatic heterocycles. The molecular formula is C12H13FN2O6. The molecule has 2 N–H and O–H groups in total. The minimum Gasteiger partial charge on any atom is -0.478 e. The third-order valence-corrected chi connectivity index (χ3v) is 2.92. The number of carboxylic acids is 1. The van der Waals surface area contributed by atoms with E-state index >= 15 is 0 Å². The summed E-state index contributed by atoms with van der Waals surface area (Å²) in [6.07, 6.45) is -0.305. The summed E-state index contributed by atoms with van der Waals surface area (Å²) in [5.41, 5.74) is -1.35. The molecule has 0 spiro atoms. The summed E-state index contributed by atoms with van der Waals surface area (Å²) in [5.74, 6) is -2.61. The molecule has 1 atom stereocenters. The van der Waals surface area contributed by atoms with E-state index < -0.39 is 28.0 Å². The molecular weight excluding hydrogens is 287 g/mol. The Balaban J connectivity index is 2.19. The summed E-state index contributed by atoms with van der Waals surface area (Å²) < 4.78 is 24.1. The number of nitrogens with one attached hydrogen (secondary N) is 1. The number of carbonyl (C=O) groups is 1. The maximum absolute atomic E-state index is 13.6. The van der Waals surface area contributed by atoms with Crippen molar-refractivity contribution in [2.75, 3.05) is 31.7 Å². The van der Waals surface area contributed by atoms with Crippen LogP contribution in [0.2, 0.25) is 0 Å². The Bertz CT molecular complexity index is 559. The van der Waals surface area contributed by atoms with Gasteiger partial charge in [-0.05, 0) is 0 Å². The lowest BCUT2D eigenvalue weighted by molar-refractivity contribution is -0.384. The quantitative estimate of drug-likeness (QED) is 0.622. The van der Waals surface area contributed by atoms with E-state index in [1.165, 1.54) is 0 Å². The first-order valence-corrected chi connectivity index (χ1v) is 6.13. The fourth-order valence-corrected chi connectivity index (χ4v) is 1.90. The maximum Gasteiger partial charge on any atom is 0.338 e. The van der Waals surface area contributed by atoms with Crippen LogP contribution in [0.5, 0.6) is 0 Å². The first-order chi connectivity index (χ1) is 9.99. The molecule has 0 saturated carbocycles. The number of carboxylic acid groups (broad SMARTS) is 1. The van der Waals surface area contributed by atoms with Crippen molar-refractivity contribution >= 4 is 17.3 Å². The Morgan fingerprint density at radius 2 is 2.29 bits per heavy atom. The third-order valence-electron chi connectivity index (χ3n) is 2.92. The minimum absolute atomic E-state index is 0.100. The van der Waals surface area contributed by atoms with Gasteiger partial charge in [-0.2, -0.15) is 0 Å². The Kier molecular flexibility index (Phi) is 4.66. The molecule has 0 amide bonds. The van der Waals surface area contributed by atoms with Crippen molar-refractivity contribution < 1.29 is 28.7 Å². The predicted molar refractivity (Wildman–Crippen MR) is 69.1 cm³/mol. The molecule has 0 aliphatic carbocycles. The van der Waals surface area contributed by atoms with Crippen molar-refractivity contribution in [3.63, 3.8) is 0 Å². The first kappa shape index (κ1) is 15.1. The summed E-state index contributed by atoms with van der Waals surface area (Å²) >= 11 is 0. The van der Waals surface area contributed by atoms with Crippen LogP contribution in [0.25, 0.3) is 0 Å². The van der Waals surface area contributed by atoms with Crippen LogP contribution in [-0.4, -0.2) is 48.5 Å². The highest BCUT2D eigenvalue weighted by Gasteiger charge is 2.23. The number of rotatable bonds is 5. The number of nitrogens with zero attached hydrogens (tertiary/aromatic N) is 1. The van der Waals surface area contributed by atoms with E-state index in [1.807, 2.05) is 0 Å². The number of hydrogen-bond acceptors (Lipinski definition) is 6. The number of nitro benzene ring substituents is 1. The van der Waals surface area contributed by atoms with Gasteiger partial charge >= 0.3 is 5.97 Å². The summed E-state index contributed by atoms with van der Waals surface area (Å²) in [7, 11) is 0. The van der Waals surface area contributed by atoms with E-state index in [-0.39, 0.29) is 18.3 Å². The summed E-state index contributed by atoms with van der Waals surface area (Å²) in [6.45, 7) is 1.42. The highest BCUT2D eigenvalue weighted by molar-refractivity contribution is 5.90. The van der Waals surface area contributed by atoms with Gasteiger partial charge in [0.2, 0.25) is 0 Å². The molecule has 1 saturated heterocycles. The summed E-state index contributed by atoms with van der Waals surface area (Å²) in [6, 6.07) is 1.49. The molecule has 1 aliphatic heterocycles. The van der Waals surface area contributed by atoms with Crippen molar-refractivity contribution in [3.8, 4) is 0 Å².